The number of amides is 1. The van der Waals surface area contributed by atoms with Gasteiger partial charge in [0.25, 0.3) is 5.56 Å². The van der Waals surface area contributed by atoms with Gasteiger partial charge in [-0.05, 0) is 25.2 Å². The Balaban J connectivity index is 1.57. The maximum atomic E-state index is 12.6. The molecule has 0 unspecified atom stereocenters. The van der Waals surface area contributed by atoms with Crippen LogP contribution in [0.3, 0.4) is 0 Å². The molecule has 1 atom stereocenters. The lowest BCUT2D eigenvalue weighted by atomic mass is 10.0. The van der Waals surface area contributed by atoms with Crippen LogP contribution >= 0.6 is 0 Å². The van der Waals surface area contributed by atoms with Crippen LogP contribution in [0.4, 0.5) is 0 Å². The summed E-state index contributed by atoms with van der Waals surface area (Å²) in [5, 5.41) is 0. The van der Waals surface area contributed by atoms with E-state index in [0.29, 0.717) is 54.6 Å². The fourth-order valence-electron chi connectivity index (χ4n) is 3.41. The Bertz CT molecular complexity index is 875. The molecule has 1 N–H and O–H groups in total. The van der Waals surface area contributed by atoms with Gasteiger partial charge in [0, 0.05) is 30.9 Å². The zero-order valence-electron chi connectivity index (χ0n) is 13.8. The largest absolute Gasteiger partial charge is 0.336 e. The molecule has 0 aromatic carbocycles. The third-order valence-electron chi connectivity index (χ3n) is 4.78. The van der Waals surface area contributed by atoms with E-state index in [-0.39, 0.29) is 11.5 Å². The fourth-order valence-corrected chi connectivity index (χ4v) is 3.41. The minimum atomic E-state index is -0.156. The fraction of sp³-hybridized carbons (Fsp3) is 0.389. The first-order valence-corrected chi connectivity index (χ1v) is 8.53. The average Bonchev–Trinajstić information content (AvgIpc) is 3.15. The van der Waals surface area contributed by atoms with Crippen molar-refractivity contribution in [3.8, 4) is 11.5 Å². The molecule has 1 amide bonds. The molecule has 4 rings (SSSR count). The van der Waals surface area contributed by atoms with Crippen molar-refractivity contribution in [1.82, 2.24) is 24.8 Å². The van der Waals surface area contributed by atoms with Crippen molar-refractivity contribution < 1.29 is 4.79 Å². The molecule has 0 saturated heterocycles. The minimum absolute atomic E-state index is 0.130. The summed E-state index contributed by atoms with van der Waals surface area (Å²) in [6.07, 6.45) is 12.1. The molecule has 1 aliphatic heterocycles. The number of hydrogen-bond donors (Lipinski definition) is 1. The minimum Gasteiger partial charge on any atom is -0.336 e. The third kappa shape index (κ3) is 3.22. The van der Waals surface area contributed by atoms with E-state index in [0.717, 1.165) is 12.8 Å². The summed E-state index contributed by atoms with van der Waals surface area (Å²) in [6, 6.07) is 0. The number of nitrogens with one attached hydrogen (secondary N) is 1. The number of aromatic nitrogens is 4. The highest BCUT2D eigenvalue weighted by Crippen LogP contribution is 2.23. The molecule has 2 aromatic heterocycles. The maximum Gasteiger partial charge on any atom is 0.254 e. The Labute approximate surface area is 144 Å². The predicted octanol–water partition coefficient (Wildman–Crippen LogP) is 1.47. The third-order valence-corrected chi connectivity index (χ3v) is 4.78. The number of hydrogen-bond acceptors (Lipinski definition) is 5. The van der Waals surface area contributed by atoms with Crippen LogP contribution in [0.1, 0.15) is 30.5 Å². The van der Waals surface area contributed by atoms with E-state index >= 15 is 0 Å². The van der Waals surface area contributed by atoms with Crippen LogP contribution in [-0.2, 0) is 17.8 Å². The maximum absolute atomic E-state index is 12.6. The average molecular weight is 337 g/mol. The summed E-state index contributed by atoms with van der Waals surface area (Å²) < 4.78 is 0. The number of aromatic amines is 1. The first-order chi connectivity index (χ1) is 12.2. The van der Waals surface area contributed by atoms with E-state index in [2.05, 4.69) is 32.1 Å². The monoisotopic (exact) mass is 337 g/mol. The number of carbonyl (C=O) groups excluding carboxylic acids is 1. The van der Waals surface area contributed by atoms with E-state index in [4.69, 9.17) is 0 Å². The summed E-state index contributed by atoms with van der Waals surface area (Å²) in [5.74, 6) is 0.867. The van der Waals surface area contributed by atoms with E-state index in [1.54, 1.807) is 23.5 Å². The zero-order valence-corrected chi connectivity index (χ0v) is 13.8. The first kappa shape index (κ1) is 15.7. The summed E-state index contributed by atoms with van der Waals surface area (Å²) in [6.45, 7) is 0.944. The van der Waals surface area contributed by atoms with Gasteiger partial charge in [-0.3, -0.25) is 14.6 Å². The molecule has 0 radical (unpaired) electrons. The Morgan fingerprint density at radius 2 is 2.28 bits per heavy atom. The lowest BCUT2D eigenvalue weighted by Gasteiger charge is -2.28. The standard InChI is InChI=1S/C18H19N5O2/c24-16(9-12-3-1-2-4-12)23-8-5-13-15(11-23)21-17(22-18(13)25)14-10-19-6-7-20-14/h1,3,6-7,10,12H,2,4-5,8-9,11H2,(H,21,22,25)/t12-/m1/s1. The van der Waals surface area contributed by atoms with Crippen molar-refractivity contribution >= 4 is 5.91 Å². The topological polar surface area (TPSA) is 91.8 Å². The lowest BCUT2D eigenvalue weighted by Crippen LogP contribution is -2.39. The Hall–Kier alpha value is -2.83. The molecular formula is C18H19N5O2. The number of fused-ring (bicyclic) bond motifs is 1. The molecule has 0 spiro atoms. The summed E-state index contributed by atoms with van der Waals surface area (Å²) in [7, 11) is 0. The summed E-state index contributed by atoms with van der Waals surface area (Å²) >= 11 is 0. The lowest BCUT2D eigenvalue weighted by molar-refractivity contribution is -0.132. The van der Waals surface area contributed by atoms with Crippen molar-refractivity contribution in [2.45, 2.75) is 32.2 Å². The smallest absolute Gasteiger partial charge is 0.254 e. The Morgan fingerprint density at radius 1 is 1.36 bits per heavy atom. The number of nitrogens with zero attached hydrogens (tertiary/aromatic N) is 4. The van der Waals surface area contributed by atoms with Crippen molar-refractivity contribution in [3.63, 3.8) is 0 Å². The van der Waals surface area contributed by atoms with Crippen LogP contribution in [0.5, 0.6) is 0 Å². The van der Waals surface area contributed by atoms with E-state index in [9.17, 15) is 9.59 Å². The van der Waals surface area contributed by atoms with Crippen LogP contribution in [-0.4, -0.2) is 37.3 Å². The van der Waals surface area contributed by atoms with Gasteiger partial charge in [-0.25, -0.2) is 9.97 Å². The number of rotatable bonds is 3. The van der Waals surface area contributed by atoms with Crippen molar-refractivity contribution in [2.75, 3.05) is 6.54 Å². The molecule has 2 aromatic rings. The van der Waals surface area contributed by atoms with E-state index < -0.39 is 0 Å². The SMILES string of the molecule is O=C(C[C@@H]1C=CCC1)N1CCc2c(nc(-c3cnccn3)[nH]c2=O)C1. The van der Waals surface area contributed by atoms with Gasteiger partial charge in [0.05, 0.1) is 18.4 Å². The van der Waals surface area contributed by atoms with Gasteiger partial charge in [0.15, 0.2) is 5.82 Å². The second kappa shape index (κ2) is 6.58. The predicted molar refractivity (Wildman–Crippen MR) is 91.5 cm³/mol. The molecule has 1 aliphatic carbocycles. The van der Waals surface area contributed by atoms with Gasteiger partial charge in [-0.2, -0.15) is 0 Å². The summed E-state index contributed by atoms with van der Waals surface area (Å²) in [5.41, 5.74) is 1.68. The molecule has 0 saturated carbocycles. The quantitative estimate of drug-likeness (QED) is 0.856. The van der Waals surface area contributed by atoms with E-state index in [1.807, 2.05) is 0 Å². The molecule has 2 aliphatic rings. The molecule has 7 nitrogen and oxygen atoms in total. The van der Waals surface area contributed by atoms with Gasteiger partial charge in [0.1, 0.15) is 5.69 Å². The van der Waals surface area contributed by atoms with Crippen LogP contribution in [0, 0.1) is 5.92 Å². The van der Waals surface area contributed by atoms with Crippen LogP contribution in [0.2, 0.25) is 0 Å². The highest BCUT2D eigenvalue weighted by Gasteiger charge is 2.26. The van der Waals surface area contributed by atoms with Gasteiger partial charge in [-0.1, -0.05) is 12.2 Å². The first-order valence-electron chi connectivity index (χ1n) is 8.53. The molecule has 128 valence electrons. The van der Waals surface area contributed by atoms with Crippen LogP contribution < -0.4 is 5.56 Å². The highest BCUT2D eigenvalue weighted by atomic mass is 16.2. The van der Waals surface area contributed by atoms with Gasteiger partial charge < -0.3 is 9.88 Å². The number of allylic oxidation sites excluding steroid dienone is 2. The number of carbonyl (C=O) groups is 1. The van der Waals surface area contributed by atoms with Gasteiger partial charge in [0.2, 0.25) is 5.91 Å². The van der Waals surface area contributed by atoms with Crippen LogP contribution in [0.25, 0.3) is 11.5 Å². The normalized spacial score (nSPS) is 19.0. The van der Waals surface area contributed by atoms with Gasteiger partial charge in [-0.15, -0.1) is 0 Å². The molecular weight excluding hydrogens is 318 g/mol. The molecule has 25 heavy (non-hydrogen) atoms. The van der Waals surface area contributed by atoms with Gasteiger partial charge >= 0.3 is 0 Å². The van der Waals surface area contributed by atoms with Crippen LogP contribution in [0.15, 0.2) is 35.5 Å². The van der Waals surface area contributed by atoms with E-state index in [1.165, 1.54) is 0 Å². The van der Waals surface area contributed by atoms with Crippen molar-refractivity contribution in [1.29, 1.82) is 0 Å². The Kier molecular flexibility index (Phi) is 4.13. The Morgan fingerprint density at radius 3 is 3.04 bits per heavy atom. The number of H-pyrrole nitrogens is 1. The zero-order chi connectivity index (χ0) is 17.2. The molecule has 7 heteroatoms. The summed E-state index contributed by atoms with van der Waals surface area (Å²) in [4.78, 5) is 42.2. The van der Waals surface area contributed by atoms with Crippen molar-refractivity contribution in [2.24, 2.45) is 5.92 Å². The molecule has 0 bridgehead atoms. The molecule has 3 heterocycles. The molecule has 0 fully saturated rings. The second-order valence-corrected chi connectivity index (χ2v) is 6.47. The van der Waals surface area contributed by atoms with Crippen molar-refractivity contribution in [3.05, 3.63) is 52.4 Å². The highest BCUT2D eigenvalue weighted by molar-refractivity contribution is 5.77. The second-order valence-electron chi connectivity index (χ2n) is 6.47.